The van der Waals surface area contributed by atoms with Crippen LogP contribution in [0.1, 0.15) is 37.3 Å². The smallest absolute Gasteiger partial charge is 0.228 e. The average molecular weight is 397 g/mol. The fourth-order valence-corrected chi connectivity index (χ4v) is 3.81. The number of hydrogen-bond acceptors (Lipinski definition) is 5. The maximum atomic E-state index is 12.7. The van der Waals surface area contributed by atoms with Crippen molar-refractivity contribution in [3.05, 3.63) is 58.1 Å². The van der Waals surface area contributed by atoms with Crippen LogP contribution in [0.2, 0.25) is 0 Å². The number of Topliss-reactive ketones (excluding diaryl/α,β-unsaturated/α-hetero) is 2. The van der Waals surface area contributed by atoms with Crippen molar-refractivity contribution in [2.24, 2.45) is 0 Å². The van der Waals surface area contributed by atoms with E-state index in [4.69, 9.17) is 9.47 Å². The van der Waals surface area contributed by atoms with Gasteiger partial charge in [0.1, 0.15) is 0 Å². The van der Waals surface area contributed by atoms with Crippen molar-refractivity contribution < 1.29 is 23.9 Å². The van der Waals surface area contributed by atoms with Gasteiger partial charge in [0.15, 0.2) is 0 Å². The highest BCUT2D eigenvalue weighted by atomic mass is 16.5. The molecule has 1 heterocycles. The van der Waals surface area contributed by atoms with Crippen LogP contribution in [0.4, 0.5) is 0 Å². The molecule has 1 fully saturated rings. The fraction of sp³-hybridized carbons (Fsp3) is 0.435. The Morgan fingerprint density at radius 1 is 0.931 bits per heavy atom. The third-order valence-electron chi connectivity index (χ3n) is 5.58. The average Bonchev–Trinajstić information content (AvgIpc) is 3.27. The zero-order valence-corrected chi connectivity index (χ0v) is 17.2. The van der Waals surface area contributed by atoms with E-state index in [0.717, 1.165) is 37.1 Å². The maximum absolute atomic E-state index is 12.7. The molecule has 0 unspecified atom stereocenters. The van der Waals surface area contributed by atoms with Gasteiger partial charge in [-0.1, -0.05) is 24.3 Å². The minimum absolute atomic E-state index is 0.0447. The van der Waals surface area contributed by atoms with Crippen LogP contribution in [-0.4, -0.2) is 49.7 Å². The number of amides is 1. The summed E-state index contributed by atoms with van der Waals surface area (Å²) in [7, 11) is 2.71. The lowest BCUT2D eigenvalue weighted by Gasteiger charge is -2.20. The number of carbonyl (C=O) groups excluding carboxylic acids is 3. The Bertz CT molecular complexity index is 873. The zero-order valence-electron chi connectivity index (χ0n) is 17.2. The molecule has 6 nitrogen and oxygen atoms in total. The summed E-state index contributed by atoms with van der Waals surface area (Å²) >= 11 is 0. The van der Waals surface area contributed by atoms with Crippen molar-refractivity contribution in [3.63, 3.8) is 0 Å². The number of benzene rings is 1. The van der Waals surface area contributed by atoms with Crippen molar-refractivity contribution in [1.29, 1.82) is 0 Å². The van der Waals surface area contributed by atoms with E-state index in [1.165, 1.54) is 14.2 Å². The van der Waals surface area contributed by atoms with E-state index in [1.807, 2.05) is 29.2 Å². The summed E-state index contributed by atoms with van der Waals surface area (Å²) in [6, 6.07) is 7.84. The van der Waals surface area contributed by atoms with Gasteiger partial charge in [-0.15, -0.1) is 0 Å². The standard InChI is InChI=1S/C23H27NO5/c1-15-18(21(27)23(29-3)22(28-2)20(15)26)14-17-8-6-16(7-9-17)10-11-19(25)24-12-4-5-13-24/h6-9H,4-5,10-14H2,1-3H3. The molecule has 1 aromatic rings. The number of likely N-dealkylation sites (tertiary alicyclic amines) is 1. The number of ketones is 2. The Hall–Kier alpha value is -2.89. The van der Waals surface area contributed by atoms with E-state index in [1.54, 1.807) is 6.92 Å². The molecule has 1 aromatic carbocycles. The molecule has 0 aromatic heterocycles. The van der Waals surface area contributed by atoms with E-state index in [9.17, 15) is 14.4 Å². The highest BCUT2D eigenvalue weighted by Gasteiger charge is 2.34. The molecule has 1 aliphatic heterocycles. The van der Waals surface area contributed by atoms with Crippen molar-refractivity contribution in [2.75, 3.05) is 27.3 Å². The van der Waals surface area contributed by atoms with Crippen LogP contribution in [0.15, 0.2) is 46.9 Å². The van der Waals surface area contributed by atoms with Crippen LogP contribution in [0.3, 0.4) is 0 Å². The minimum atomic E-state index is -0.323. The van der Waals surface area contributed by atoms with E-state index in [0.29, 0.717) is 30.4 Å². The van der Waals surface area contributed by atoms with E-state index >= 15 is 0 Å². The number of carbonyl (C=O) groups is 3. The number of ether oxygens (including phenoxy) is 2. The van der Waals surface area contributed by atoms with Crippen molar-refractivity contribution in [1.82, 2.24) is 4.90 Å². The Balaban J connectivity index is 1.66. The second-order valence-electron chi connectivity index (χ2n) is 7.41. The molecule has 154 valence electrons. The topological polar surface area (TPSA) is 72.9 Å². The number of methoxy groups -OCH3 is 2. The number of rotatable bonds is 7. The van der Waals surface area contributed by atoms with Gasteiger partial charge in [-0.25, -0.2) is 0 Å². The first kappa shape index (κ1) is 20.8. The molecular formula is C23H27NO5. The largest absolute Gasteiger partial charge is 0.489 e. The fourth-order valence-electron chi connectivity index (χ4n) is 3.81. The summed E-state index contributed by atoms with van der Waals surface area (Å²) in [5, 5.41) is 0. The third kappa shape index (κ3) is 4.42. The summed E-state index contributed by atoms with van der Waals surface area (Å²) in [5.41, 5.74) is 2.81. The van der Waals surface area contributed by atoms with Gasteiger partial charge < -0.3 is 14.4 Å². The second kappa shape index (κ2) is 9.07. The lowest BCUT2D eigenvalue weighted by atomic mass is 9.88. The summed E-state index contributed by atoms with van der Waals surface area (Å²) in [6.07, 6.45) is 3.75. The van der Waals surface area contributed by atoms with Gasteiger partial charge in [0.2, 0.25) is 29.0 Å². The molecule has 0 N–H and O–H groups in total. The summed E-state index contributed by atoms with van der Waals surface area (Å²) in [5.74, 6) is -0.517. The first-order chi connectivity index (χ1) is 14.0. The first-order valence-electron chi connectivity index (χ1n) is 9.93. The van der Waals surface area contributed by atoms with Gasteiger partial charge in [0.25, 0.3) is 0 Å². The zero-order chi connectivity index (χ0) is 21.0. The molecule has 29 heavy (non-hydrogen) atoms. The Labute approximate surface area is 171 Å². The van der Waals surface area contributed by atoms with Crippen LogP contribution < -0.4 is 0 Å². The number of allylic oxidation sites excluding steroid dienone is 2. The van der Waals surface area contributed by atoms with Crippen LogP contribution in [0.5, 0.6) is 0 Å². The van der Waals surface area contributed by atoms with Crippen LogP contribution in [0.25, 0.3) is 0 Å². The van der Waals surface area contributed by atoms with Crippen molar-refractivity contribution >= 4 is 17.5 Å². The Morgan fingerprint density at radius 2 is 1.48 bits per heavy atom. The van der Waals surface area contributed by atoms with Gasteiger partial charge in [0, 0.05) is 37.1 Å². The van der Waals surface area contributed by atoms with Gasteiger partial charge in [0.05, 0.1) is 14.2 Å². The quantitative estimate of drug-likeness (QED) is 0.662. The Kier molecular flexibility index (Phi) is 6.52. The third-order valence-corrected chi connectivity index (χ3v) is 5.58. The normalized spacial score (nSPS) is 17.3. The minimum Gasteiger partial charge on any atom is -0.489 e. The molecule has 6 heteroatoms. The molecule has 3 rings (SSSR count). The molecule has 1 saturated heterocycles. The summed E-state index contributed by atoms with van der Waals surface area (Å²) < 4.78 is 10.2. The second-order valence-corrected chi connectivity index (χ2v) is 7.41. The van der Waals surface area contributed by atoms with Gasteiger partial charge >= 0.3 is 0 Å². The molecule has 0 saturated carbocycles. The molecule has 1 amide bonds. The highest BCUT2D eigenvalue weighted by Crippen LogP contribution is 2.28. The molecule has 0 bridgehead atoms. The van der Waals surface area contributed by atoms with Crippen LogP contribution in [-0.2, 0) is 36.7 Å². The lowest BCUT2D eigenvalue weighted by molar-refractivity contribution is -0.130. The number of hydrogen-bond donors (Lipinski definition) is 0. The summed E-state index contributed by atoms with van der Waals surface area (Å²) in [6.45, 7) is 3.39. The summed E-state index contributed by atoms with van der Waals surface area (Å²) in [4.78, 5) is 39.3. The molecule has 1 aliphatic carbocycles. The molecule has 0 radical (unpaired) electrons. The predicted octanol–water partition coefficient (Wildman–Crippen LogP) is 2.76. The highest BCUT2D eigenvalue weighted by molar-refractivity contribution is 6.23. The number of aryl methyl sites for hydroxylation is 1. The van der Waals surface area contributed by atoms with Gasteiger partial charge in [-0.05, 0) is 37.3 Å². The van der Waals surface area contributed by atoms with Crippen LogP contribution in [0, 0.1) is 0 Å². The van der Waals surface area contributed by atoms with E-state index in [-0.39, 0.29) is 29.0 Å². The van der Waals surface area contributed by atoms with Crippen molar-refractivity contribution in [3.8, 4) is 0 Å². The first-order valence-corrected chi connectivity index (χ1v) is 9.93. The van der Waals surface area contributed by atoms with E-state index in [2.05, 4.69) is 0 Å². The van der Waals surface area contributed by atoms with Gasteiger partial charge in [-0.2, -0.15) is 0 Å². The predicted molar refractivity (Wildman–Crippen MR) is 108 cm³/mol. The Morgan fingerprint density at radius 3 is 2.07 bits per heavy atom. The lowest BCUT2D eigenvalue weighted by Crippen LogP contribution is -2.27. The number of nitrogens with zero attached hydrogens (tertiary/aromatic N) is 1. The molecule has 0 atom stereocenters. The monoisotopic (exact) mass is 397 g/mol. The molecule has 0 spiro atoms. The van der Waals surface area contributed by atoms with E-state index < -0.39 is 0 Å². The maximum Gasteiger partial charge on any atom is 0.228 e. The molecular weight excluding hydrogens is 370 g/mol. The van der Waals surface area contributed by atoms with Crippen LogP contribution >= 0.6 is 0 Å². The SMILES string of the molecule is COC1=C(OC)C(=O)C(Cc2ccc(CCC(=O)N3CCCC3)cc2)=C(C)C1=O. The van der Waals surface area contributed by atoms with Gasteiger partial charge in [-0.3, -0.25) is 14.4 Å². The van der Waals surface area contributed by atoms with Crippen molar-refractivity contribution in [2.45, 2.75) is 39.0 Å². The molecule has 2 aliphatic rings.